The van der Waals surface area contributed by atoms with Crippen molar-refractivity contribution in [3.05, 3.63) is 16.6 Å². The number of aromatic nitrogens is 1. The van der Waals surface area contributed by atoms with Gasteiger partial charge in [0.05, 0.1) is 6.42 Å². The van der Waals surface area contributed by atoms with Gasteiger partial charge in [-0.2, -0.15) is 0 Å². The lowest BCUT2D eigenvalue weighted by molar-refractivity contribution is -0.143. The lowest BCUT2D eigenvalue weighted by Crippen LogP contribution is -2.02. The molecule has 0 saturated carbocycles. The van der Waals surface area contributed by atoms with E-state index in [0.717, 1.165) is 5.01 Å². The van der Waals surface area contributed by atoms with E-state index in [9.17, 15) is 4.79 Å². The van der Waals surface area contributed by atoms with Gasteiger partial charge in [-0.05, 0) is 6.92 Å². The van der Waals surface area contributed by atoms with Gasteiger partial charge in [-0.15, -0.1) is 23.7 Å². The molecule has 0 bridgehead atoms. The summed E-state index contributed by atoms with van der Waals surface area (Å²) in [5, 5.41) is 6.23. The van der Waals surface area contributed by atoms with E-state index < -0.39 is 5.97 Å². The van der Waals surface area contributed by atoms with Gasteiger partial charge in [-0.25, -0.2) is 9.78 Å². The Balaban J connectivity index is 2.45. The van der Waals surface area contributed by atoms with Gasteiger partial charge in [-0.1, -0.05) is 5.16 Å². The van der Waals surface area contributed by atoms with Crippen molar-refractivity contribution in [2.24, 2.45) is 5.16 Å². The number of hydrogen-bond acceptors (Lipinski definition) is 5. The quantitative estimate of drug-likeness (QED) is 0.338. The van der Waals surface area contributed by atoms with Gasteiger partial charge in [0.25, 0.3) is 0 Å². The number of terminal acetylenes is 1. The highest BCUT2D eigenvalue weighted by Gasteiger charge is 2.03. The van der Waals surface area contributed by atoms with E-state index in [2.05, 4.69) is 20.9 Å². The summed E-state index contributed by atoms with van der Waals surface area (Å²) in [6.45, 7) is 1.73. The van der Waals surface area contributed by atoms with Crippen LogP contribution in [0.4, 0.5) is 0 Å². The lowest BCUT2D eigenvalue weighted by Gasteiger charge is -1.96. The highest BCUT2D eigenvalue weighted by molar-refractivity contribution is 7.11. The molecule has 0 aliphatic heterocycles. The summed E-state index contributed by atoms with van der Waals surface area (Å²) in [5.41, 5.74) is 0.582. The van der Waals surface area contributed by atoms with E-state index in [1.165, 1.54) is 11.3 Å². The topological polar surface area (TPSA) is 51.5 Å². The van der Waals surface area contributed by atoms with Crippen LogP contribution in [-0.2, 0) is 9.63 Å². The van der Waals surface area contributed by atoms with Crippen LogP contribution in [0.5, 0.6) is 0 Å². The van der Waals surface area contributed by atoms with Gasteiger partial charge in [0, 0.05) is 18.0 Å². The summed E-state index contributed by atoms with van der Waals surface area (Å²) < 4.78 is 0. The maximum atomic E-state index is 11.0. The average molecular weight is 222 g/mol. The zero-order chi connectivity index (χ0) is 11.1. The molecular formula is C10H10N2O2S. The largest absolute Gasteiger partial charge is 0.335 e. The second-order valence-electron chi connectivity index (χ2n) is 2.68. The number of carbonyl (C=O) groups is 1. The van der Waals surface area contributed by atoms with Crippen molar-refractivity contribution in [1.82, 2.24) is 4.98 Å². The molecule has 0 N–H and O–H groups in total. The second-order valence-corrected chi connectivity index (χ2v) is 3.58. The van der Waals surface area contributed by atoms with E-state index in [4.69, 9.17) is 6.42 Å². The van der Waals surface area contributed by atoms with Crippen LogP contribution in [0.1, 0.15) is 24.8 Å². The van der Waals surface area contributed by atoms with Gasteiger partial charge >= 0.3 is 5.97 Å². The molecule has 78 valence electrons. The highest BCUT2D eigenvalue weighted by atomic mass is 32.1. The van der Waals surface area contributed by atoms with E-state index in [0.29, 0.717) is 12.1 Å². The number of carbonyl (C=O) groups excluding carboxylic acids is 1. The van der Waals surface area contributed by atoms with E-state index in [-0.39, 0.29) is 6.42 Å². The first kappa shape index (κ1) is 11.4. The van der Waals surface area contributed by atoms with Gasteiger partial charge < -0.3 is 4.84 Å². The standard InChI is InChI=1S/C10H10N2O2S/c1-3-4-5-9(13)14-12-8(2)10-11-6-7-15-10/h1,6-7H,4-5H2,2H3/b12-8+. The molecule has 0 atom stereocenters. The molecule has 0 saturated heterocycles. The second kappa shape index (κ2) is 5.94. The molecule has 1 aromatic heterocycles. The Hall–Kier alpha value is -1.67. The molecule has 4 nitrogen and oxygen atoms in total. The van der Waals surface area contributed by atoms with Crippen LogP contribution in [0.15, 0.2) is 16.7 Å². The van der Waals surface area contributed by atoms with Crippen LogP contribution in [-0.4, -0.2) is 16.7 Å². The zero-order valence-corrected chi connectivity index (χ0v) is 9.08. The van der Waals surface area contributed by atoms with Crippen molar-refractivity contribution in [2.75, 3.05) is 0 Å². The minimum Gasteiger partial charge on any atom is -0.318 e. The number of hydrogen-bond donors (Lipinski definition) is 0. The van der Waals surface area contributed by atoms with Crippen molar-refractivity contribution in [1.29, 1.82) is 0 Å². The summed E-state index contributed by atoms with van der Waals surface area (Å²) in [4.78, 5) is 19.7. The molecule has 1 aromatic rings. The molecule has 0 unspecified atom stereocenters. The molecule has 0 amide bonds. The Morgan fingerprint density at radius 3 is 3.20 bits per heavy atom. The Labute approximate surface area is 92.0 Å². The van der Waals surface area contributed by atoms with Crippen molar-refractivity contribution < 1.29 is 9.63 Å². The fourth-order valence-corrected chi connectivity index (χ4v) is 1.36. The van der Waals surface area contributed by atoms with Crippen molar-refractivity contribution in [2.45, 2.75) is 19.8 Å². The fraction of sp³-hybridized carbons (Fsp3) is 0.300. The van der Waals surface area contributed by atoms with Crippen LogP contribution in [0.2, 0.25) is 0 Å². The van der Waals surface area contributed by atoms with Crippen LogP contribution >= 0.6 is 11.3 Å². The summed E-state index contributed by atoms with van der Waals surface area (Å²) in [5.74, 6) is 1.93. The Kier molecular flexibility index (Phi) is 4.51. The van der Waals surface area contributed by atoms with E-state index >= 15 is 0 Å². The molecule has 0 fully saturated rings. The summed E-state index contributed by atoms with van der Waals surface area (Å²) in [6, 6.07) is 0. The summed E-state index contributed by atoms with van der Waals surface area (Å²) >= 11 is 1.44. The number of rotatable bonds is 4. The molecule has 0 spiro atoms. The van der Waals surface area contributed by atoms with Crippen LogP contribution in [0, 0.1) is 12.3 Å². The normalized spacial score (nSPS) is 10.8. The van der Waals surface area contributed by atoms with Crippen molar-refractivity contribution in [3.63, 3.8) is 0 Å². The van der Waals surface area contributed by atoms with Crippen LogP contribution < -0.4 is 0 Å². The third-order valence-corrected chi connectivity index (χ3v) is 2.38. The minimum absolute atomic E-state index is 0.186. The van der Waals surface area contributed by atoms with Gasteiger partial charge in [0.2, 0.25) is 0 Å². The molecule has 0 aromatic carbocycles. The number of oxime groups is 1. The first-order valence-corrected chi connectivity index (χ1v) is 5.19. The maximum Gasteiger partial charge on any atom is 0.335 e. The Morgan fingerprint density at radius 1 is 1.80 bits per heavy atom. The maximum absolute atomic E-state index is 11.0. The van der Waals surface area contributed by atoms with Crippen LogP contribution in [0.25, 0.3) is 0 Å². The zero-order valence-electron chi connectivity index (χ0n) is 8.27. The molecule has 5 heteroatoms. The molecule has 15 heavy (non-hydrogen) atoms. The average Bonchev–Trinajstić information content (AvgIpc) is 2.76. The third kappa shape index (κ3) is 3.92. The number of nitrogens with zero attached hydrogens (tertiary/aromatic N) is 2. The highest BCUT2D eigenvalue weighted by Crippen LogP contribution is 2.05. The third-order valence-electron chi connectivity index (χ3n) is 1.50. The number of thiazole rings is 1. The fourth-order valence-electron chi connectivity index (χ4n) is 0.780. The Bertz CT molecular complexity index is 390. The van der Waals surface area contributed by atoms with E-state index in [1.54, 1.807) is 13.1 Å². The van der Waals surface area contributed by atoms with E-state index in [1.807, 2.05) is 5.38 Å². The summed E-state index contributed by atoms with van der Waals surface area (Å²) in [6.07, 6.45) is 7.23. The van der Waals surface area contributed by atoms with Gasteiger partial charge in [0.15, 0.2) is 0 Å². The monoisotopic (exact) mass is 222 g/mol. The molecule has 0 radical (unpaired) electrons. The van der Waals surface area contributed by atoms with Gasteiger partial charge in [-0.3, -0.25) is 0 Å². The summed E-state index contributed by atoms with van der Waals surface area (Å²) in [7, 11) is 0. The molecule has 1 heterocycles. The van der Waals surface area contributed by atoms with Gasteiger partial charge in [0.1, 0.15) is 10.7 Å². The van der Waals surface area contributed by atoms with Crippen molar-refractivity contribution >= 4 is 23.0 Å². The molecular weight excluding hydrogens is 212 g/mol. The SMILES string of the molecule is C#CCCC(=O)O/N=C(\C)c1nccs1. The first-order valence-electron chi connectivity index (χ1n) is 4.32. The van der Waals surface area contributed by atoms with Crippen molar-refractivity contribution in [3.8, 4) is 12.3 Å². The predicted molar refractivity (Wildman–Crippen MR) is 58.5 cm³/mol. The predicted octanol–water partition coefficient (Wildman–Crippen LogP) is 1.82. The minimum atomic E-state index is -0.427. The molecule has 0 aliphatic carbocycles. The smallest absolute Gasteiger partial charge is 0.318 e. The van der Waals surface area contributed by atoms with Crippen LogP contribution in [0.3, 0.4) is 0 Å². The Morgan fingerprint density at radius 2 is 2.60 bits per heavy atom. The first-order chi connectivity index (χ1) is 7.24. The molecule has 0 aliphatic rings. The lowest BCUT2D eigenvalue weighted by atomic mass is 10.3. The molecule has 1 rings (SSSR count).